The van der Waals surface area contributed by atoms with Gasteiger partial charge in [0.15, 0.2) is 0 Å². The number of aliphatic hydroxyl groups excluding tert-OH is 2. The minimum atomic E-state index is -4.74. The number of pyridine rings is 1. The number of aromatic nitrogens is 1. The van der Waals surface area contributed by atoms with Gasteiger partial charge in [-0.2, -0.15) is 31.1 Å². The third-order valence-electron chi connectivity index (χ3n) is 7.90. The molecule has 5 nitrogen and oxygen atoms in total. The van der Waals surface area contributed by atoms with Gasteiger partial charge >= 0.3 is 6.18 Å². The maximum Gasteiger partial charge on any atom is 0.417 e. The molecule has 0 bridgehead atoms. The maximum absolute atomic E-state index is 13.5. The largest absolute Gasteiger partial charge is 0.417 e. The van der Waals surface area contributed by atoms with Crippen LogP contribution < -0.4 is 0 Å². The number of nitrogens with zero attached hydrogens (tertiary/aromatic N) is 2. The van der Waals surface area contributed by atoms with E-state index in [1.54, 1.807) is 6.26 Å². The van der Waals surface area contributed by atoms with Gasteiger partial charge in [-0.3, -0.25) is 4.98 Å². The molecule has 1 aromatic rings. The summed E-state index contributed by atoms with van der Waals surface area (Å²) in [6.45, 7) is 21.2. The van der Waals surface area contributed by atoms with Crippen LogP contribution in [0.3, 0.4) is 0 Å². The number of alkyl halides is 3. The molecule has 1 aromatic heterocycles. The number of fused-ring (bicyclic) bond motifs is 1. The van der Waals surface area contributed by atoms with E-state index in [-0.39, 0.29) is 17.8 Å². The molecule has 0 aromatic carbocycles. The van der Waals surface area contributed by atoms with Gasteiger partial charge in [0.05, 0.1) is 42.6 Å². The molecule has 2 N–H and O–H groups in total. The quantitative estimate of drug-likeness (QED) is 0.155. The van der Waals surface area contributed by atoms with Crippen molar-refractivity contribution in [2.24, 2.45) is 10.8 Å². The lowest BCUT2D eigenvalue weighted by Gasteiger charge is -2.38. The number of hydrogen-bond acceptors (Lipinski definition) is 6. The van der Waals surface area contributed by atoms with Crippen molar-refractivity contribution in [2.75, 3.05) is 19.5 Å². The monoisotopic (exact) mass is 650 g/mol. The molecule has 45 heavy (non-hydrogen) atoms. The first-order valence-electron chi connectivity index (χ1n) is 15.5. The molecule has 252 valence electrons. The topological polar surface area (TPSA) is 86.4 Å². The highest BCUT2D eigenvalue weighted by molar-refractivity contribution is 7.79. The van der Waals surface area contributed by atoms with Crippen LogP contribution in [0.5, 0.6) is 0 Å². The van der Waals surface area contributed by atoms with E-state index < -0.39 is 29.5 Å². The van der Waals surface area contributed by atoms with Crippen LogP contribution in [-0.4, -0.2) is 40.8 Å². The van der Waals surface area contributed by atoms with Crippen molar-refractivity contribution in [1.29, 1.82) is 5.26 Å². The summed E-state index contributed by atoms with van der Waals surface area (Å²) in [5.74, 6) is -0.0723. The molecule has 0 radical (unpaired) electrons. The molecule has 2 atom stereocenters. The Kier molecular flexibility index (Phi) is 15.8. The van der Waals surface area contributed by atoms with Crippen LogP contribution in [0.25, 0.3) is 5.57 Å². The second kappa shape index (κ2) is 17.5. The van der Waals surface area contributed by atoms with Crippen molar-refractivity contribution in [3.8, 4) is 6.07 Å². The molecular weight excluding hydrogens is 597 g/mol. The molecule has 2 aliphatic rings. The minimum Gasteiger partial charge on any atom is -0.388 e. The fourth-order valence-corrected chi connectivity index (χ4v) is 5.19. The Morgan fingerprint density at radius 1 is 1.27 bits per heavy atom. The van der Waals surface area contributed by atoms with Gasteiger partial charge in [-0.05, 0) is 59.8 Å². The van der Waals surface area contributed by atoms with Crippen molar-refractivity contribution in [2.45, 2.75) is 112 Å². The Hall–Kier alpha value is -2.38. The van der Waals surface area contributed by atoms with Crippen molar-refractivity contribution in [3.05, 3.63) is 70.1 Å². The van der Waals surface area contributed by atoms with Crippen molar-refractivity contribution < 1.29 is 28.1 Å². The number of halogens is 3. The molecule has 1 aliphatic carbocycles. The zero-order valence-corrected chi connectivity index (χ0v) is 29.4. The Morgan fingerprint density at radius 2 is 1.87 bits per heavy atom. The van der Waals surface area contributed by atoms with Gasteiger partial charge in [-0.15, -0.1) is 0 Å². The summed E-state index contributed by atoms with van der Waals surface area (Å²) >= 11 is 3.53. The molecular formula is C36H53F3N2O3S. The molecule has 1 aliphatic heterocycles. The van der Waals surface area contributed by atoms with Crippen LogP contribution in [0.15, 0.2) is 42.0 Å². The lowest BCUT2D eigenvalue weighted by atomic mass is 9.71. The highest BCUT2D eigenvalue weighted by Gasteiger charge is 2.38. The Morgan fingerprint density at radius 3 is 2.31 bits per heavy atom. The normalized spacial score (nSPS) is 19.2. The van der Waals surface area contributed by atoms with E-state index in [1.807, 2.05) is 19.9 Å². The van der Waals surface area contributed by atoms with Gasteiger partial charge < -0.3 is 14.9 Å². The number of nitriles is 1. The summed E-state index contributed by atoms with van der Waals surface area (Å²) in [6.07, 6.45) is 2.78. The number of rotatable bonds is 7. The molecule has 0 saturated heterocycles. The first kappa shape index (κ1) is 40.6. The zero-order valence-electron chi connectivity index (χ0n) is 28.5. The second-order valence-electron chi connectivity index (χ2n) is 13.6. The number of aliphatic hydroxyl groups is 2. The fourth-order valence-electron chi connectivity index (χ4n) is 5.19. The van der Waals surface area contributed by atoms with E-state index in [0.717, 1.165) is 29.0 Å². The lowest BCUT2D eigenvalue weighted by Crippen LogP contribution is -2.30. The second-order valence-corrected chi connectivity index (χ2v) is 13.6. The maximum atomic E-state index is 13.5. The standard InChI is InChI=1S/C29H35F3N2O3.C6H14.CH4S/c1-6-18(16-33)20(29(30,31)32)8-7-9-22(35)26-24(19-10-12-37-13-11-19)25-21(34-27(26)17(2)3)14-28(4,5)15-23(25)36;1-5-6(2,3)4;1-2/h6-8,10,17,22-23,35-36H,1,9,11-15H2,2-5H3;5H2,1-4H3;2H,1H3/b8-7-,20-18-;;. The first-order chi connectivity index (χ1) is 20.9. The van der Waals surface area contributed by atoms with E-state index in [4.69, 9.17) is 15.0 Å². The van der Waals surface area contributed by atoms with Gasteiger partial charge in [0.2, 0.25) is 0 Å². The van der Waals surface area contributed by atoms with Crippen LogP contribution >= 0.6 is 12.6 Å². The highest BCUT2D eigenvalue weighted by Crippen LogP contribution is 2.47. The van der Waals surface area contributed by atoms with Crippen LogP contribution in [-0.2, 0) is 11.2 Å². The van der Waals surface area contributed by atoms with E-state index in [1.165, 1.54) is 18.6 Å². The first-order valence-corrected chi connectivity index (χ1v) is 16.4. The SMILES string of the molecule is C=C/C(C#N)=C(\C=C/CC(O)c1c(C(C)C)nc2c(c1C1=CCOCC1)C(O)CC(C)(C)C2)C(F)(F)F.CCC(C)(C)C.CS. The Labute approximate surface area is 274 Å². The van der Waals surface area contributed by atoms with E-state index in [0.29, 0.717) is 54.7 Å². The minimum absolute atomic E-state index is 0.0723. The molecule has 2 heterocycles. The third kappa shape index (κ3) is 11.7. The molecule has 0 saturated carbocycles. The summed E-state index contributed by atoms with van der Waals surface area (Å²) in [5, 5.41) is 31.7. The Balaban J connectivity index is 0.00000113. The van der Waals surface area contributed by atoms with Crippen molar-refractivity contribution >= 4 is 18.2 Å². The summed E-state index contributed by atoms with van der Waals surface area (Å²) in [6, 6.07) is 1.52. The van der Waals surface area contributed by atoms with Crippen LogP contribution in [0.2, 0.25) is 0 Å². The summed E-state index contributed by atoms with van der Waals surface area (Å²) in [7, 11) is 0. The number of thiol groups is 1. The van der Waals surface area contributed by atoms with Gasteiger partial charge in [0, 0.05) is 22.5 Å². The summed E-state index contributed by atoms with van der Waals surface area (Å²) < 4.78 is 46.1. The van der Waals surface area contributed by atoms with Crippen LogP contribution in [0, 0.1) is 22.2 Å². The lowest BCUT2D eigenvalue weighted by molar-refractivity contribution is -0.0886. The smallest absolute Gasteiger partial charge is 0.388 e. The van der Waals surface area contributed by atoms with Crippen LogP contribution in [0.4, 0.5) is 13.2 Å². The van der Waals surface area contributed by atoms with Crippen molar-refractivity contribution in [3.63, 3.8) is 0 Å². The van der Waals surface area contributed by atoms with Crippen molar-refractivity contribution in [1.82, 2.24) is 4.98 Å². The van der Waals surface area contributed by atoms with E-state index in [9.17, 15) is 23.4 Å². The predicted octanol–water partition coefficient (Wildman–Crippen LogP) is 9.55. The molecule has 3 rings (SSSR count). The molecule has 9 heteroatoms. The molecule has 2 unspecified atom stereocenters. The Bertz CT molecular complexity index is 1280. The number of allylic oxidation sites excluding steroid dienone is 4. The van der Waals surface area contributed by atoms with E-state index in [2.05, 4.69) is 60.8 Å². The number of ether oxygens (including phenoxy) is 1. The average Bonchev–Trinajstić information content (AvgIpc) is 2.96. The van der Waals surface area contributed by atoms with Gasteiger partial charge in [0.1, 0.15) is 0 Å². The third-order valence-corrected chi connectivity index (χ3v) is 7.90. The van der Waals surface area contributed by atoms with E-state index >= 15 is 0 Å². The van der Waals surface area contributed by atoms with Crippen LogP contribution in [0.1, 0.15) is 127 Å². The number of hydrogen-bond donors (Lipinski definition) is 3. The molecule has 0 spiro atoms. The zero-order chi connectivity index (χ0) is 34.8. The molecule has 0 fully saturated rings. The summed E-state index contributed by atoms with van der Waals surface area (Å²) in [5.41, 5.74) is 3.08. The highest BCUT2D eigenvalue weighted by atomic mass is 32.1. The predicted molar refractivity (Wildman–Crippen MR) is 181 cm³/mol. The average molecular weight is 651 g/mol. The van der Waals surface area contributed by atoms with Gasteiger partial charge in [0.25, 0.3) is 0 Å². The van der Waals surface area contributed by atoms with Gasteiger partial charge in [-0.1, -0.05) is 92.7 Å². The molecule has 0 amide bonds. The van der Waals surface area contributed by atoms with Gasteiger partial charge in [-0.25, -0.2) is 0 Å². The summed E-state index contributed by atoms with van der Waals surface area (Å²) in [4.78, 5) is 4.92. The fraction of sp³-hybridized carbons (Fsp3) is 0.611.